The number of aromatic nitrogens is 4. The first-order chi connectivity index (χ1) is 15.0. The summed E-state index contributed by atoms with van der Waals surface area (Å²) in [5.74, 6) is 0.122. The Morgan fingerprint density at radius 1 is 1.03 bits per heavy atom. The van der Waals surface area contributed by atoms with Gasteiger partial charge >= 0.3 is 5.97 Å². The van der Waals surface area contributed by atoms with Crippen LogP contribution in [0.15, 0.2) is 43.0 Å². The molecule has 10 heteroatoms. The molecule has 0 aliphatic carbocycles. The van der Waals surface area contributed by atoms with Crippen LogP contribution in [0.1, 0.15) is 36.2 Å². The van der Waals surface area contributed by atoms with Gasteiger partial charge in [0, 0.05) is 25.4 Å². The van der Waals surface area contributed by atoms with Crippen molar-refractivity contribution >= 4 is 17.6 Å². The topological polar surface area (TPSA) is 120 Å². The van der Waals surface area contributed by atoms with Crippen LogP contribution in [0, 0.1) is 0 Å². The van der Waals surface area contributed by atoms with Gasteiger partial charge in [-0.2, -0.15) is 10.2 Å². The molecule has 0 fully saturated rings. The van der Waals surface area contributed by atoms with Crippen LogP contribution in [0.25, 0.3) is 0 Å². The SMILES string of the molecule is CCOc1ccc(Cn2cc(NC(=O)CCn3cc(C(=O)O)cn3)cn2)cc1OCC. The molecule has 0 aliphatic heterocycles. The summed E-state index contributed by atoms with van der Waals surface area (Å²) in [5, 5.41) is 19.9. The average molecular weight is 427 g/mol. The lowest BCUT2D eigenvalue weighted by Gasteiger charge is -2.12. The second kappa shape index (κ2) is 10.3. The number of nitrogens with zero attached hydrogens (tertiary/aromatic N) is 4. The lowest BCUT2D eigenvalue weighted by atomic mass is 10.2. The number of amides is 1. The van der Waals surface area contributed by atoms with E-state index >= 15 is 0 Å². The number of anilines is 1. The van der Waals surface area contributed by atoms with Crippen molar-refractivity contribution in [1.82, 2.24) is 19.6 Å². The van der Waals surface area contributed by atoms with Crippen LogP contribution in [0.2, 0.25) is 0 Å². The molecule has 31 heavy (non-hydrogen) atoms. The molecule has 0 atom stereocenters. The Morgan fingerprint density at radius 2 is 1.77 bits per heavy atom. The van der Waals surface area contributed by atoms with E-state index in [1.54, 1.807) is 17.1 Å². The van der Waals surface area contributed by atoms with E-state index in [0.717, 1.165) is 5.56 Å². The van der Waals surface area contributed by atoms with E-state index in [-0.39, 0.29) is 24.4 Å². The van der Waals surface area contributed by atoms with E-state index in [1.807, 2.05) is 32.0 Å². The molecule has 2 N–H and O–H groups in total. The first kappa shape index (κ1) is 21.9. The molecule has 0 saturated heterocycles. The molecule has 10 nitrogen and oxygen atoms in total. The number of carbonyl (C=O) groups excluding carboxylic acids is 1. The summed E-state index contributed by atoms with van der Waals surface area (Å²) in [4.78, 5) is 23.0. The van der Waals surface area contributed by atoms with Crippen LogP contribution < -0.4 is 14.8 Å². The van der Waals surface area contributed by atoms with Crippen molar-refractivity contribution in [2.24, 2.45) is 0 Å². The van der Waals surface area contributed by atoms with Crippen LogP contribution >= 0.6 is 0 Å². The Bertz CT molecular complexity index is 1040. The average Bonchev–Trinajstić information content (AvgIpc) is 3.38. The van der Waals surface area contributed by atoms with Gasteiger partial charge in [0.25, 0.3) is 0 Å². The minimum atomic E-state index is -1.05. The lowest BCUT2D eigenvalue weighted by molar-refractivity contribution is -0.116. The van der Waals surface area contributed by atoms with Crippen LogP contribution in [0.4, 0.5) is 5.69 Å². The summed E-state index contributed by atoms with van der Waals surface area (Å²) in [5.41, 5.74) is 1.65. The maximum Gasteiger partial charge on any atom is 0.338 e. The number of carboxylic acids is 1. The zero-order chi connectivity index (χ0) is 22.2. The summed E-state index contributed by atoms with van der Waals surface area (Å²) in [7, 11) is 0. The number of carbonyl (C=O) groups is 2. The number of hydrogen-bond acceptors (Lipinski definition) is 6. The Balaban J connectivity index is 1.55. The number of aryl methyl sites for hydroxylation is 1. The number of ether oxygens (including phenoxy) is 2. The second-order valence-electron chi connectivity index (χ2n) is 6.67. The van der Waals surface area contributed by atoms with Gasteiger partial charge in [0.05, 0.1) is 43.4 Å². The highest BCUT2D eigenvalue weighted by Crippen LogP contribution is 2.28. The van der Waals surface area contributed by atoms with Gasteiger partial charge in [-0.3, -0.25) is 14.2 Å². The van der Waals surface area contributed by atoms with E-state index < -0.39 is 5.97 Å². The van der Waals surface area contributed by atoms with Gasteiger partial charge in [-0.1, -0.05) is 6.07 Å². The molecule has 0 saturated carbocycles. The molecule has 2 heterocycles. The number of rotatable bonds is 11. The van der Waals surface area contributed by atoms with Gasteiger partial charge in [0.1, 0.15) is 0 Å². The number of aromatic carboxylic acids is 1. The van der Waals surface area contributed by atoms with Gasteiger partial charge in [-0.15, -0.1) is 0 Å². The third-order valence-corrected chi connectivity index (χ3v) is 4.32. The van der Waals surface area contributed by atoms with E-state index in [4.69, 9.17) is 14.6 Å². The van der Waals surface area contributed by atoms with Crippen molar-refractivity contribution in [3.8, 4) is 11.5 Å². The van der Waals surface area contributed by atoms with Crippen LogP contribution in [-0.4, -0.2) is 49.8 Å². The summed E-state index contributed by atoms with van der Waals surface area (Å²) < 4.78 is 14.4. The largest absolute Gasteiger partial charge is 0.490 e. The molecule has 0 spiro atoms. The number of hydrogen-bond donors (Lipinski definition) is 2. The van der Waals surface area contributed by atoms with E-state index in [2.05, 4.69) is 15.5 Å². The molecule has 0 bridgehead atoms. The fourth-order valence-corrected chi connectivity index (χ4v) is 2.93. The predicted octanol–water partition coefficient (Wildman–Crippen LogP) is 2.65. The van der Waals surface area contributed by atoms with Gasteiger partial charge in [0.15, 0.2) is 11.5 Å². The lowest BCUT2D eigenvalue weighted by Crippen LogP contribution is -2.14. The van der Waals surface area contributed by atoms with Crippen LogP contribution in [0.3, 0.4) is 0 Å². The summed E-state index contributed by atoms with van der Waals surface area (Å²) >= 11 is 0. The monoisotopic (exact) mass is 427 g/mol. The number of nitrogens with one attached hydrogen (secondary N) is 1. The van der Waals surface area contributed by atoms with Crippen molar-refractivity contribution in [2.75, 3.05) is 18.5 Å². The Kier molecular flexibility index (Phi) is 7.26. The predicted molar refractivity (Wildman–Crippen MR) is 113 cm³/mol. The van der Waals surface area contributed by atoms with Crippen molar-refractivity contribution in [2.45, 2.75) is 33.4 Å². The first-order valence-corrected chi connectivity index (χ1v) is 9.95. The zero-order valence-corrected chi connectivity index (χ0v) is 17.4. The minimum absolute atomic E-state index is 0.0865. The van der Waals surface area contributed by atoms with Gasteiger partial charge < -0.3 is 19.9 Å². The molecule has 3 rings (SSSR count). The fraction of sp³-hybridized carbons (Fsp3) is 0.333. The van der Waals surface area contributed by atoms with Gasteiger partial charge in [-0.05, 0) is 31.5 Å². The van der Waals surface area contributed by atoms with E-state index in [0.29, 0.717) is 36.9 Å². The molecular weight excluding hydrogens is 402 g/mol. The molecule has 164 valence electrons. The fourth-order valence-electron chi connectivity index (χ4n) is 2.93. The molecule has 1 aromatic carbocycles. The van der Waals surface area contributed by atoms with Gasteiger partial charge in [0.2, 0.25) is 5.91 Å². The first-order valence-electron chi connectivity index (χ1n) is 9.95. The molecule has 2 aromatic heterocycles. The third-order valence-electron chi connectivity index (χ3n) is 4.32. The molecule has 3 aromatic rings. The summed E-state index contributed by atoms with van der Waals surface area (Å²) in [6, 6.07) is 5.74. The van der Waals surface area contributed by atoms with Crippen LogP contribution in [-0.2, 0) is 17.9 Å². The zero-order valence-electron chi connectivity index (χ0n) is 17.4. The van der Waals surface area contributed by atoms with Crippen LogP contribution in [0.5, 0.6) is 11.5 Å². The molecular formula is C21H25N5O5. The smallest absolute Gasteiger partial charge is 0.338 e. The van der Waals surface area contributed by atoms with Crippen molar-refractivity contribution in [3.63, 3.8) is 0 Å². The summed E-state index contributed by atoms with van der Waals surface area (Å²) in [6.45, 7) is 5.72. The molecule has 0 unspecified atom stereocenters. The van der Waals surface area contributed by atoms with Crippen molar-refractivity contribution in [3.05, 3.63) is 54.1 Å². The highest BCUT2D eigenvalue weighted by molar-refractivity contribution is 5.90. The molecule has 1 amide bonds. The highest BCUT2D eigenvalue weighted by Gasteiger charge is 2.10. The number of benzene rings is 1. The van der Waals surface area contributed by atoms with E-state index in [9.17, 15) is 9.59 Å². The maximum absolute atomic E-state index is 12.2. The Hall–Kier alpha value is -3.82. The minimum Gasteiger partial charge on any atom is -0.490 e. The standard InChI is InChI=1S/C21H25N5O5/c1-3-30-18-6-5-15(9-19(18)31-4-2)12-26-14-17(11-23-26)24-20(27)7-8-25-13-16(10-22-25)21(28)29/h5-6,9-11,13-14H,3-4,7-8,12H2,1-2H3,(H,24,27)(H,28,29). The maximum atomic E-state index is 12.2. The summed E-state index contributed by atoms with van der Waals surface area (Å²) in [6.07, 6.45) is 6.11. The highest BCUT2D eigenvalue weighted by atomic mass is 16.5. The Morgan fingerprint density at radius 3 is 2.48 bits per heavy atom. The van der Waals surface area contributed by atoms with E-state index in [1.165, 1.54) is 17.1 Å². The van der Waals surface area contributed by atoms with Gasteiger partial charge in [-0.25, -0.2) is 4.79 Å². The number of carboxylic acid groups (broad SMARTS) is 1. The molecule has 0 radical (unpaired) electrons. The quantitative estimate of drug-likeness (QED) is 0.483. The third kappa shape index (κ3) is 6.08. The molecule has 0 aliphatic rings. The van der Waals surface area contributed by atoms with Crippen molar-refractivity contribution in [1.29, 1.82) is 0 Å². The normalized spacial score (nSPS) is 10.6. The van der Waals surface area contributed by atoms with Crippen molar-refractivity contribution < 1.29 is 24.2 Å². The Labute approximate surface area is 179 Å². The second-order valence-corrected chi connectivity index (χ2v) is 6.67.